The number of nitrogens with one attached hydrogen (secondary N) is 1. The fraction of sp³-hybridized carbons (Fsp3) is 0.385. The third-order valence-corrected chi connectivity index (χ3v) is 5.04. The largest absolute Gasteiger partial charge is 0.332 e. The number of rotatable bonds is 2. The van der Waals surface area contributed by atoms with Gasteiger partial charge in [-0.25, -0.2) is 18.1 Å². The zero-order valence-corrected chi connectivity index (χ0v) is 12.2. The topological polar surface area (TPSA) is 86.8 Å². The minimum atomic E-state index is -3.49. The summed E-state index contributed by atoms with van der Waals surface area (Å²) in [4.78, 5) is 25.8. The predicted molar refractivity (Wildman–Crippen MR) is 76.2 cm³/mol. The van der Waals surface area contributed by atoms with Gasteiger partial charge < -0.3 is 5.32 Å². The summed E-state index contributed by atoms with van der Waals surface area (Å²) in [5.74, 6) is -0.502. The molecule has 3 amide bonds. The number of carbonyl (C=O) groups is 2. The van der Waals surface area contributed by atoms with Crippen LogP contribution >= 0.6 is 0 Å². The SMILES string of the molecule is CS(=O)(=O)N1CC[C@@H]2NC(=O)N(c3ccccc3)C(=O)[C@H]21. The summed E-state index contributed by atoms with van der Waals surface area (Å²) >= 11 is 0. The van der Waals surface area contributed by atoms with Crippen LogP contribution in [-0.4, -0.2) is 49.5 Å². The quantitative estimate of drug-likeness (QED) is 0.842. The first kappa shape index (κ1) is 14.0. The molecule has 0 bridgehead atoms. The maximum atomic E-state index is 12.6. The molecule has 0 aliphatic carbocycles. The Morgan fingerprint density at radius 1 is 1.19 bits per heavy atom. The molecule has 1 aromatic rings. The van der Waals surface area contributed by atoms with E-state index in [1.54, 1.807) is 30.3 Å². The molecule has 3 rings (SSSR count). The molecule has 2 saturated heterocycles. The van der Waals surface area contributed by atoms with Gasteiger partial charge in [0.05, 0.1) is 18.0 Å². The number of urea groups is 1. The Bertz CT molecular complexity index is 689. The minimum Gasteiger partial charge on any atom is -0.332 e. The Morgan fingerprint density at radius 3 is 2.48 bits per heavy atom. The van der Waals surface area contributed by atoms with Gasteiger partial charge in [0, 0.05) is 6.54 Å². The first-order valence-electron chi connectivity index (χ1n) is 6.56. The van der Waals surface area contributed by atoms with Gasteiger partial charge in [0.15, 0.2) is 0 Å². The summed E-state index contributed by atoms with van der Waals surface area (Å²) < 4.78 is 24.8. The highest BCUT2D eigenvalue weighted by molar-refractivity contribution is 7.88. The summed E-state index contributed by atoms with van der Waals surface area (Å²) in [7, 11) is -3.49. The van der Waals surface area contributed by atoms with E-state index >= 15 is 0 Å². The Morgan fingerprint density at radius 2 is 1.86 bits per heavy atom. The number of para-hydroxylation sites is 1. The van der Waals surface area contributed by atoms with Crippen molar-refractivity contribution < 1.29 is 18.0 Å². The zero-order chi connectivity index (χ0) is 15.2. The van der Waals surface area contributed by atoms with Crippen molar-refractivity contribution in [2.45, 2.75) is 18.5 Å². The monoisotopic (exact) mass is 309 g/mol. The van der Waals surface area contributed by atoms with Crippen molar-refractivity contribution in [3.63, 3.8) is 0 Å². The second-order valence-electron chi connectivity index (χ2n) is 5.17. The molecule has 8 heteroatoms. The first-order valence-corrected chi connectivity index (χ1v) is 8.41. The summed E-state index contributed by atoms with van der Waals surface area (Å²) in [6.07, 6.45) is 1.52. The molecule has 112 valence electrons. The van der Waals surface area contributed by atoms with Gasteiger partial charge in [-0.15, -0.1) is 0 Å². The van der Waals surface area contributed by atoms with Gasteiger partial charge in [-0.2, -0.15) is 4.31 Å². The van der Waals surface area contributed by atoms with Crippen LogP contribution in [0.3, 0.4) is 0 Å². The smallest absolute Gasteiger partial charge is 0.329 e. The van der Waals surface area contributed by atoms with Gasteiger partial charge in [-0.3, -0.25) is 4.79 Å². The molecular formula is C13H15N3O4S. The Labute approximate surface area is 122 Å². The standard InChI is InChI=1S/C13H15N3O4S/c1-21(19,20)15-8-7-10-11(15)12(17)16(13(18)14-10)9-5-3-2-4-6-9/h2-6,10-11H,7-8H2,1H3,(H,14,18)/t10-,11-/m0/s1. The van der Waals surface area contributed by atoms with Crippen molar-refractivity contribution in [1.29, 1.82) is 0 Å². The molecule has 0 radical (unpaired) electrons. The highest BCUT2D eigenvalue weighted by Crippen LogP contribution is 2.28. The second-order valence-corrected chi connectivity index (χ2v) is 7.11. The maximum Gasteiger partial charge on any atom is 0.329 e. The fourth-order valence-electron chi connectivity index (χ4n) is 2.86. The van der Waals surface area contributed by atoms with Crippen LogP contribution in [0.5, 0.6) is 0 Å². The predicted octanol–water partition coefficient (Wildman–Crippen LogP) is 0.145. The number of benzene rings is 1. The van der Waals surface area contributed by atoms with E-state index in [9.17, 15) is 18.0 Å². The Kier molecular flexibility index (Phi) is 3.22. The second kappa shape index (κ2) is 4.81. The van der Waals surface area contributed by atoms with E-state index in [1.807, 2.05) is 0 Å². The van der Waals surface area contributed by atoms with Crippen LogP contribution in [0.1, 0.15) is 6.42 Å². The number of amides is 3. The highest BCUT2D eigenvalue weighted by Gasteiger charge is 2.51. The number of anilines is 1. The van der Waals surface area contributed by atoms with Crippen molar-refractivity contribution in [2.24, 2.45) is 0 Å². The molecule has 1 aromatic carbocycles. The van der Waals surface area contributed by atoms with E-state index < -0.39 is 34.0 Å². The van der Waals surface area contributed by atoms with E-state index in [1.165, 1.54) is 0 Å². The number of hydrogen-bond donors (Lipinski definition) is 1. The fourth-order valence-corrected chi connectivity index (χ4v) is 3.95. The van der Waals surface area contributed by atoms with Gasteiger partial charge in [0.25, 0.3) is 5.91 Å². The molecule has 2 aliphatic heterocycles. The number of carbonyl (C=O) groups excluding carboxylic acids is 2. The van der Waals surface area contributed by atoms with Crippen molar-refractivity contribution >= 4 is 27.6 Å². The van der Waals surface area contributed by atoms with Crippen LogP contribution in [0, 0.1) is 0 Å². The third kappa shape index (κ3) is 2.30. The van der Waals surface area contributed by atoms with E-state index in [2.05, 4.69) is 5.32 Å². The van der Waals surface area contributed by atoms with Crippen LogP contribution in [0.25, 0.3) is 0 Å². The molecule has 2 aliphatic rings. The molecule has 0 unspecified atom stereocenters. The van der Waals surface area contributed by atoms with Crippen molar-refractivity contribution in [3.05, 3.63) is 30.3 Å². The van der Waals surface area contributed by atoms with Gasteiger partial charge in [0.2, 0.25) is 10.0 Å². The van der Waals surface area contributed by atoms with Gasteiger partial charge in [-0.05, 0) is 18.6 Å². The molecular weight excluding hydrogens is 294 g/mol. The molecule has 21 heavy (non-hydrogen) atoms. The van der Waals surface area contributed by atoms with Gasteiger partial charge in [0.1, 0.15) is 6.04 Å². The van der Waals surface area contributed by atoms with Crippen LogP contribution in [0.2, 0.25) is 0 Å². The first-order chi connectivity index (χ1) is 9.89. The molecule has 0 spiro atoms. The molecule has 0 aromatic heterocycles. The lowest BCUT2D eigenvalue weighted by molar-refractivity contribution is -0.122. The number of nitrogens with zero attached hydrogens (tertiary/aromatic N) is 2. The molecule has 2 heterocycles. The maximum absolute atomic E-state index is 12.6. The lowest BCUT2D eigenvalue weighted by atomic mass is 10.1. The van der Waals surface area contributed by atoms with E-state index in [4.69, 9.17) is 0 Å². The molecule has 7 nitrogen and oxygen atoms in total. The molecule has 0 saturated carbocycles. The lowest BCUT2D eigenvalue weighted by Crippen LogP contribution is -2.64. The van der Waals surface area contributed by atoms with Crippen LogP contribution in [0.15, 0.2) is 30.3 Å². The molecule has 2 fully saturated rings. The highest BCUT2D eigenvalue weighted by atomic mass is 32.2. The van der Waals surface area contributed by atoms with Crippen LogP contribution < -0.4 is 10.2 Å². The minimum absolute atomic E-state index is 0.239. The van der Waals surface area contributed by atoms with Gasteiger partial charge in [-0.1, -0.05) is 18.2 Å². The van der Waals surface area contributed by atoms with Gasteiger partial charge >= 0.3 is 6.03 Å². The molecule has 1 N–H and O–H groups in total. The summed E-state index contributed by atoms with van der Waals surface area (Å²) in [6.45, 7) is 0.239. The Hall–Kier alpha value is -1.93. The Balaban J connectivity index is 1.99. The summed E-state index contributed by atoms with van der Waals surface area (Å²) in [6, 6.07) is 6.64. The number of sulfonamides is 1. The molecule has 2 atom stereocenters. The number of imide groups is 1. The normalized spacial score (nSPS) is 26.6. The van der Waals surface area contributed by atoms with Crippen LogP contribution in [-0.2, 0) is 14.8 Å². The average molecular weight is 309 g/mol. The number of hydrogen-bond acceptors (Lipinski definition) is 4. The van der Waals surface area contributed by atoms with E-state index in [-0.39, 0.29) is 6.54 Å². The zero-order valence-electron chi connectivity index (χ0n) is 11.4. The third-order valence-electron chi connectivity index (χ3n) is 3.78. The van der Waals surface area contributed by atoms with Crippen LogP contribution in [0.4, 0.5) is 10.5 Å². The van der Waals surface area contributed by atoms with Crippen molar-refractivity contribution in [1.82, 2.24) is 9.62 Å². The number of fused-ring (bicyclic) bond motifs is 1. The van der Waals surface area contributed by atoms with Crippen molar-refractivity contribution in [2.75, 3.05) is 17.7 Å². The van der Waals surface area contributed by atoms with E-state index in [0.717, 1.165) is 15.5 Å². The summed E-state index contributed by atoms with van der Waals surface area (Å²) in [5, 5.41) is 2.72. The van der Waals surface area contributed by atoms with E-state index in [0.29, 0.717) is 12.1 Å². The average Bonchev–Trinajstić information content (AvgIpc) is 2.84. The van der Waals surface area contributed by atoms with Crippen molar-refractivity contribution in [3.8, 4) is 0 Å². The lowest BCUT2D eigenvalue weighted by Gasteiger charge is -2.36. The summed E-state index contributed by atoms with van der Waals surface area (Å²) in [5.41, 5.74) is 0.429.